The molecule has 0 aliphatic heterocycles. The zero-order valence-electron chi connectivity index (χ0n) is 11.3. The van der Waals surface area contributed by atoms with Crippen LogP contribution in [0, 0.1) is 6.92 Å². The van der Waals surface area contributed by atoms with E-state index in [9.17, 15) is 4.79 Å². The second kappa shape index (κ2) is 6.85. The summed E-state index contributed by atoms with van der Waals surface area (Å²) in [7, 11) is 0. The van der Waals surface area contributed by atoms with Gasteiger partial charge in [-0.05, 0) is 37.0 Å². The van der Waals surface area contributed by atoms with Crippen LogP contribution in [0.1, 0.15) is 28.5 Å². The lowest BCUT2D eigenvalue weighted by Gasteiger charge is -2.08. The van der Waals surface area contributed by atoms with Gasteiger partial charge in [0.15, 0.2) is 0 Å². The third kappa shape index (κ3) is 3.37. The summed E-state index contributed by atoms with van der Waals surface area (Å²) in [6, 6.07) is 7.95. The maximum atomic E-state index is 11.9. The van der Waals surface area contributed by atoms with Gasteiger partial charge in [0.25, 0.3) is 0 Å². The minimum absolute atomic E-state index is 0.326. The van der Waals surface area contributed by atoms with Crippen LogP contribution in [-0.4, -0.2) is 16.9 Å². The topological polar surface area (TPSA) is 51.2 Å². The fourth-order valence-corrected chi connectivity index (χ4v) is 2.95. The molecule has 1 aromatic carbocycles. The molecular weight excluding hydrogens is 340 g/mol. The largest absolute Gasteiger partial charge is 0.462 e. The summed E-state index contributed by atoms with van der Waals surface area (Å²) >= 11 is 4.78. The Morgan fingerprint density at radius 1 is 1.45 bits per heavy atom. The number of halogens is 1. The van der Waals surface area contributed by atoms with Gasteiger partial charge in [0.05, 0.1) is 12.3 Å². The summed E-state index contributed by atoms with van der Waals surface area (Å²) in [5.74, 6) is -0.326. The molecule has 0 unspecified atom stereocenters. The van der Waals surface area contributed by atoms with Crippen LogP contribution in [-0.2, 0) is 11.3 Å². The molecule has 0 aliphatic carbocycles. The summed E-state index contributed by atoms with van der Waals surface area (Å²) in [6.07, 6.45) is 0. The lowest BCUT2D eigenvalue weighted by molar-refractivity contribution is 0.0527. The molecule has 0 fully saturated rings. The molecule has 0 aliphatic rings. The highest BCUT2D eigenvalue weighted by atomic mass is 79.9. The predicted octanol–water partition coefficient (Wildman–Crippen LogP) is 4.00. The van der Waals surface area contributed by atoms with Crippen LogP contribution in [0.5, 0.6) is 0 Å². The van der Waals surface area contributed by atoms with Crippen LogP contribution in [0.25, 0.3) is 0 Å². The summed E-state index contributed by atoms with van der Waals surface area (Å²) in [5, 5.41) is 4.00. The standard InChI is InChI=1S/C14H15BrN2O2S/c1-3-19-14(18)12-9(2)17-20-13(12)16-8-10-6-4-5-7-11(10)15/h4-7,16H,3,8H2,1-2H3. The van der Waals surface area contributed by atoms with Gasteiger partial charge in [0, 0.05) is 11.0 Å². The van der Waals surface area contributed by atoms with E-state index in [1.165, 1.54) is 11.5 Å². The molecule has 0 atom stereocenters. The number of aryl methyl sites for hydroxylation is 1. The van der Waals surface area contributed by atoms with Crippen molar-refractivity contribution in [3.8, 4) is 0 Å². The van der Waals surface area contributed by atoms with Crippen LogP contribution in [0.3, 0.4) is 0 Å². The summed E-state index contributed by atoms with van der Waals surface area (Å²) in [6.45, 7) is 4.58. The van der Waals surface area contributed by atoms with Crippen molar-refractivity contribution < 1.29 is 9.53 Å². The number of hydrogen-bond donors (Lipinski definition) is 1. The van der Waals surface area contributed by atoms with Gasteiger partial charge in [-0.1, -0.05) is 34.1 Å². The zero-order valence-corrected chi connectivity index (χ0v) is 13.7. The maximum absolute atomic E-state index is 11.9. The Balaban J connectivity index is 2.14. The van der Waals surface area contributed by atoms with Gasteiger partial charge >= 0.3 is 5.97 Å². The van der Waals surface area contributed by atoms with E-state index in [0.29, 0.717) is 24.4 Å². The van der Waals surface area contributed by atoms with E-state index in [1.54, 1.807) is 6.92 Å². The van der Waals surface area contributed by atoms with Gasteiger partial charge in [-0.2, -0.15) is 4.37 Å². The lowest BCUT2D eigenvalue weighted by Crippen LogP contribution is -2.09. The Morgan fingerprint density at radius 2 is 2.20 bits per heavy atom. The van der Waals surface area contributed by atoms with Crippen molar-refractivity contribution in [3.63, 3.8) is 0 Å². The molecule has 1 aromatic heterocycles. The van der Waals surface area contributed by atoms with Crippen LogP contribution in [0.4, 0.5) is 5.00 Å². The molecule has 0 bridgehead atoms. The second-order valence-corrected chi connectivity index (χ2v) is 5.77. The quantitative estimate of drug-likeness (QED) is 0.824. The molecule has 4 nitrogen and oxygen atoms in total. The first-order valence-corrected chi connectivity index (χ1v) is 7.80. The van der Waals surface area contributed by atoms with Crippen molar-refractivity contribution in [1.29, 1.82) is 0 Å². The Labute approximate surface area is 130 Å². The first-order chi connectivity index (χ1) is 9.63. The third-order valence-electron chi connectivity index (χ3n) is 2.74. The molecule has 0 radical (unpaired) electrons. The SMILES string of the molecule is CCOC(=O)c1c(C)nsc1NCc1ccccc1Br. The molecule has 0 spiro atoms. The number of aromatic nitrogens is 1. The molecule has 0 amide bonds. The van der Waals surface area contributed by atoms with Gasteiger partial charge in [-0.15, -0.1) is 0 Å². The van der Waals surface area contributed by atoms with Gasteiger partial charge in [0.1, 0.15) is 10.6 Å². The highest BCUT2D eigenvalue weighted by Gasteiger charge is 2.19. The van der Waals surface area contributed by atoms with Crippen LogP contribution < -0.4 is 5.32 Å². The van der Waals surface area contributed by atoms with E-state index >= 15 is 0 Å². The van der Waals surface area contributed by atoms with Crippen molar-refractivity contribution in [2.24, 2.45) is 0 Å². The molecule has 106 valence electrons. The first-order valence-electron chi connectivity index (χ1n) is 6.24. The van der Waals surface area contributed by atoms with E-state index in [4.69, 9.17) is 4.74 Å². The fraction of sp³-hybridized carbons (Fsp3) is 0.286. The number of esters is 1. The summed E-state index contributed by atoms with van der Waals surface area (Å²) in [5.41, 5.74) is 2.35. The normalized spacial score (nSPS) is 10.3. The van der Waals surface area contributed by atoms with E-state index < -0.39 is 0 Å². The van der Waals surface area contributed by atoms with E-state index in [2.05, 4.69) is 25.6 Å². The molecule has 2 rings (SSSR count). The molecule has 1 heterocycles. The zero-order chi connectivity index (χ0) is 14.5. The van der Waals surface area contributed by atoms with Crippen LogP contribution in [0.2, 0.25) is 0 Å². The maximum Gasteiger partial charge on any atom is 0.343 e. The highest BCUT2D eigenvalue weighted by Crippen LogP contribution is 2.26. The van der Waals surface area contributed by atoms with Crippen molar-refractivity contribution in [2.45, 2.75) is 20.4 Å². The van der Waals surface area contributed by atoms with E-state index in [1.807, 2.05) is 31.2 Å². The van der Waals surface area contributed by atoms with Gasteiger partial charge in [-0.25, -0.2) is 4.79 Å². The monoisotopic (exact) mass is 354 g/mol. The van der Waals surface area contributed by atoms with Gasteiger partial charge < -0.3 is 10.1 Å². The van der Waals surface area contributed by atoms with Crippen molar-refractivity contribution in [2.75, 3.05) is 11.9 Å². The second-order valence-electron chi connectivity index (χ2n) is 4.14. The molecule has 6 heteroatoms. The number of hydrogen-bond acceptors (Lipinski definition) is 5. The molecule has 0 saturated heterocycles. The van der Waals surface area contributed by atoms with Gasteiger partial charge in [0.2, 0.25) is 0 Å². The van der Waals surface area contributed by atoms with Crippen molar-refractivity contribution in [1.82, 2.24) is 4.37 Å². The molecular formula is C14H15BrN2O2S. The number of carbonyl (C=O) groups excluding carboxylic acids is 1. The smallest absolute Gasteiger partial charge is 0.343 e. The minimum Gasteiger partial charge on any atom is -0.462 e. The molecule has 20 heavy (non-hydrogen) atoms. The lowest BCUT2D eigenvalue weighted by atomic mass is 10.2. The Bertz CT molecular complexity index is 613. The number of rotatable bonds is 5. The van der Waals surface area contributed by atoms with E-state index in [-0.39, 0.29) is 5.97 Å². The summed E-state index contributed by atoms with van der Waals surface area (Å²) < 4.78 is 10.3. The average molecular weight is 355 g/mol. The number of nitrogens with zero attached hydrogens (tertiary/aromatic N) is 1. The Kier molecular flexibility index (Phi) is 5.14. The predicted molar refractivity (Wildman–Crippen MR) is 84.3 cm³/mol. The fourth-order valence-electron chi connectivity index (χ4n) is 1.75. The average Bonchev–Trinajstić information content (AvgIpc) is 2.79. The Morgan fingerprint density at radius 3 is 2.90 bits per heavy atom. The van der Waals surface area contributed by atoms with Crippen molar-refractivity contribution >= 4 is 38.4 Å². The Hall–Kier alpha value is -1.40. The number of ether oxygens (including phenoxy) is 1. The molecule has 0 saturated carbocycles. The number of anilines is 1. The molecule has 1 N–H and O–H groups in total. The van der Waals surface area contributed by atoms with E-state index in [0.717, 1.165) is 15.0 Å². The van der Waals surface area contributed by atoms with Crippen molar-refractivity contribution in [3.05, 3.63) is 45.6 Å². The highest BCUT2D eigenvalue weighted by molar-refractivity contribution is 9.10. The number of carbonyl (C=O) groups is 1. The van der Waals surface area contributed by atoms with Gasteiger partial charge in [-0.3, -0.25) is 0 Å². The van der Waals surface area contributed by atoms with Crippen LogP contribution in [0.15, 0.2) is 28.7 Å². The first kappa shape index (κ1) is 15.0. The third-order valence-corrected chi connectivity index (χ3v) is 4.41. The molecule has 2 aromatic rings. The number of benzene rings is 1. The number of nitrogens with one attached hydrogen (secondary N) is 1. The summed E-state index contributed by atoms with van der Waals surface area (Å²) in [4.78, 5) is 11.9. The minimum atomic E-state index is -0.326. The van der Waals surface area contributed by atoms with Crippen LogP contribution >= 0.6 is 27.5 Å².